The van der Waals surface area contributed by atoms with E-state index in [9.17, 15) is 14.9 Å². The fourth-order valence-electron chi connectivity index (χ4n) is 3.09. The number of benzene rings is 3. The second kappa shape index (κ2) is 9.41. The average Bonchev–Trinajstić information content (AvgIpc) is 2.74. The molecule has 0 atom stereocenters. The van der Waals surface area contributed by atoms with Crippen molar-refractivity contribution in [3.63, 3.8) is 0 Å². The number of hydrogen-bond donors (Lipinski definition) is 0. The van der Waals surface area contributed by atoms with E-state index < -0.39 is 4.92 Å². The summed E-state index contributed by atoms with van der Waals surface area (Å²) < 4.78 is 0. The molecule has 0 aliphatic heterocycles. The second-order valence-electron chi connectivity index (χ2n) is 7.13. The Morgan fingerprint density at radius 2 is 1.53 bits per heavy atom. The van der Waals surface area contributed by atoms with Crippen LogP contribution in [-0.2, 0) is 13.1 Å². The molecule has 0 saturated heterocycles. The van der Waals surface area contributed by atoms with Crippen molar-refractivity contribution >= 4 is 28.9 Å². The number of amides is 1. The van der Waals surface area contributed by atoms with Gasteiger partial charge in [0.05, 0.1) is 4.92 Å². The molecular weight excluding hydrogens is 402 g/mol. The van der Waals surface area contributed by atoms with Gasteiger partial charge in [-0.25, -0.2) is 0 Å². The zero-order valence-electron chi connectivity index (χ0n) is 16.8. The summed E-state index contributed by atoms with van der Waals surface area (Å²) in [7, 11) is 3.93. The number of nitrogens with zero attached hydrogens (tertiary/aromatic N) is 3. The third kappa shape index (κ3) is 5.15. The normalized spacial score (nSPS) is 10.5. The predicted molar refractivity (Wildman–Crippen MR) is 119 cm³/mol. The molecule has 6 nitrogen and oxygen atoms in total. The number of carbonyl (C=O) groups is 1. The van der Waals surface area contributed by atoms with Crippen molar-refractivity contribution in [2.24, 2.45) is 0 Å². The molecule has 154 valence electrons. The molecule has 0 radical (unpaired) electrons. The van der Waals surface area contributed by atoms with Gasteiger partial charge in [0.25, 0.3) is 11.6 Å². The minimum Gasteiger partial charge on any atom is -0.378 e. The number of nitro benzene ring substituents is 1. The Kier molecular flexibility index (Phi) is 6.69. The number of carbonyl (C=O) groups excluding carboxylic acids is 1. The highest BCUT2D eigenvalue weighted by atomic mass is 35.5. The lowest BCUT2D eigenvalue weighted by Gasteiger charge is -2.24. The molecule has 0 aromatic heterocycles. The third-order valence-electron chi connectivity index (χ3n) is 4.72. The molecule has 0 aliphatic carbocycles. The highest BCUT2D eigenvalue weighted by Crippen LogP contribution is 2.26. The van der Waals surface area contributed by atoms with Crippen LogP contribution in [0.25, 0.3) is 0 Å². The van der Waals surface area contributed by atoms with Gasteiger partial charge in [0, 0.05) is 44.5 Å². The molecule has 0 bridgehead atoms. The molecule has 3 aromatic carbocycles. The Balaban J connectivity index is 1.91. The number of halogens is 1. The molecule has 30 heavy (non-hydrogen) atoms. The Morgan fingerprint density at radius 3 is 2.10 bits per heavy atom. The Bertz CT molecular complexity index is 1040. The number of rotatable bonds is 7. The van der Waals surface area contributed by atoms with Gasteiger partial charge in [-0.15, -0.1) is 0 Å². The van der Waals surface area contributed by atoms with Crippen molar-refractivity contribution in [3.8, 4) is 0 Å². The van der Waals surface area contributed by atoms with Gasteiger partial charge >= 0.3 is 0 Å². The van der Waals surface area contributed by atoms with Crippen LogP contribution in [0.2, 0.25) is 5.02 Å². The minimum absolute atomic E-state index is 0.00503. The van der Waals surface area contributed by atoms with Gasteiger partial charge in [-0.2, -0.15) is 0 Å². The van der Waals surface area contributed by atoms with Crippen molar-refractivity contribution < 1.29 is 9.72 Å². The van der Waals surface area contributed by atoms with Gasteiger partial charge in [0.2, 0.25) is 0 Å². The summed E-state index contributed by atoms with van der Waals surface area (Å²) in [6.07, 6.45) is 0. The maximum Gasteiger partial charge on any atom is 0.288 e. The number of hydrogen-bond acceptors (Lipinski definition) is 4. The zero-order chi connectivity index (χ0) is 21.7. The van der Waals surface area contributed by atoms with E-state index in [0.29, 0.717) is 13.1 Å². The summed E-state index contributed by atoms with van der Waals surface area (Å²) in [6.45, 7) is 0.753. The summed E-state index contributed by atoms with van der Waals surface area (Å²) in [6, 6.07) is 21.7. The summed E-state index contributed by atoms with van der Waals surface area (Å²) >= 11 is 5.90. The van der Waals surface area contributed by atoms with E-state index in [2.05, 4.69) is 0 Å². The van der Waals surface area contributed by atoms with Crippen LogP contribution < -0.4 is 4.90 Å². The van der Waals surface area contributed by atoms with Gasteiger partial charge in [0.15, 0.2) is 0 Å². The maximum absolute atomic E-state index is 13.3. The lowest BCUT2D eigenvalue weighted by atomic mass is 10.1. The van der Waals surface area contributed by atoms with Crippen LogP contribution in [0.3, 0.4) is 0 Å². The first-order valence-electron chi connectivity index (χ1n) is 9.38. The van der Waals surface area contributed by atoms with E-state index in [1.807, 2.05) is 73.6 Å². The standard InChI is InChI=1S/C23H22ClN3O3/c1-25(2)20-11-8-18(9-12-20)16-26(15-17-6-4-3-5-7-17)23(28)19-10-13-21(24)22(14-19)27(29)30/h3-14H,15-16H2,1-2H3. The molecule has 3 rings (SSSR count). The van der Waals surface area contributed by atoms with Crippen LogP contribution in [0.5, 0.6) is 0 Å². The molecule has 0 unspecified atom stereocenters. The van der Waals surface area contributed by atoms with Crippen molar-refractivity contribution in [3.05, 3.63) is 105 Å². The van der Waals surface area contributed by atoms with E-state index in [1.54, 1.807) is 4.90 Å². The van der Waals surface area contributed by atoms with Crippen molar-refractivity contribution in [1.29, 1.82) is 0 Å². The van der Waals surface area contributed by atoms with Gasteiger partial charge < -0.3 is 9.80 Å². The summed E-state index contributed by atoms with van der Waals surface area (Å²) in [5, 5.41) is 11.2. The van der Waals surface area contributed by atoms with Crippen LogP contribution in [0.1, 0.15) is 21.5 Å². The molecule has 0 fully saturated rings. The lowest BCUT2D eigenvalue weighted by Crippen LogP contribution is -2.30. The molecule has 1 amide bonds. The van der Waals surface area contributed by atoms with Crippen LogP contribution >= 0.6 is 11.6 Å². The first-order chi connectivity index (χ1) is 14.3. The van der Waals surface area contributed by atoms with Crippen molar-refractivity contribution in [2.75, 3.05) is 19.0 Å². The first-order valence-corrected chi connectivity index (χ1v) is 9.76. The van der Waals surface area contributed by atoms with E-state index in [-0.39, 0.29) is 22.2 Å². The van der Waals surface area contributed by atoms with Gasteiger partial charge in [-0.1, -0.05) is 54.1 Å². The van der Waals surface area contributed by atoms with Crippen molar-refractivity contribution in [1.82, 2.24) is 4.90 Å². The average molecular weight is 424 g/mol. The van der Waals surface area contributed by atoms with Crippen LogP contribution in [0.4, 0.5) is 11.4 Å². The molecule has 7 heteroatoms. The number of nitro groups is 1. The quantitative estimate of drug-likeness (QED) is 0.389. The molecule has 3 aromatic rings. The Morgan fingerprint density at radius 1 is 0.933 bits per heavy atom. The number of anilines is 1. The molecule has 0 N–H and O–H groups in total. The molecule has 0 heterocycles. The topological polar surface area (TPSA) is 66.7 Å². The molecule has 0 saturated carbocycles. The smallest absolute Gasteiger partial charge is 0.288 e. The van der Waals surface area contributed by atoms with Crippen molar-refractivity contribution in [2.45, 2.75) is 13.1 Å². The second-order valence-corrected chi connectivity index (χ2v) is 7.54. The first kappa shape index (κ1) is 21.3. The third-order valence-corrected chi connectivity index (χ3v) is 5.04. The van der Waals surface area contributed by atoms with Crippen LogP contribution in [0.15, 0.2) is 72.8 Å². The fraction of sp³-hybridized carbons (Fsp3) is 0.174. The maximum atomic E-state index is 13.3. The minimum atomic E-state index is -0.583. The molecule has 0 spiro atoms. The highest BCUT2D eigenvalue weighted by molar-refractivity contribution is 6.32. The van der Waals surface area contributed by atoms with Crippen LogP contribution in [0, 0.1) is 10.1 Å². The SMILES string of the molecule is CN(C)c1ccc(CN(Cc2ccccc2)C(=O)c2ccc(Cl)c([N+](=O)[O-])c2)cc1. The summed E-state index contributed by atoms with van der Waals surface area (Å²) in [5.41, 5.74) is 2.95. The van der Waals surface area contributed by atoms with E-state index in [0.717, 1.165) is 16.8 Å². The fourth-order valence-corrected chi connectivity index (χ4v) is 3.28. The molecular formula is C23H22ClN3O3. The van der Waals surface area contributed by atoms with E-state index >= 15 is 0 Å². The van der Waals surface area contributed by atoms with Crippen LogP contribution in [-0.4, -0.2) is 29.8 Å². The zero-order valence-corrected chi connectivity index (χ0v) is 17.5. The largest absolute Gasteiger partial charge is 0.378 e. The van der Waals surface area contributed by atoms with E-state index in [1.165, 1.54) is 18.2 Å². The van der Waals surface area contributed by atoms with Gasteiger partial charge in [-0.3, -0.25) is 14.9 Å². The highest BCUT2D eigenvalue weighted by Gasteiger charge is 2.21. The predicted octanol–water partition coefficient (Wildman–Crippen LogP) is 5.16. The Hall–Kier alpha value is -3.38. The van der Waals surface area contributed by atoms with E-state index in [4.69, 9.17) is 11.6 Å². The molecule has 0 aliphatic rings. The summed E-state index contributed by atoms with van der Waals surface area (Å²) in [4.78, 5) is 27.6. The van der Waals surface area contributed by atoms with Gasteiger partial charge in [0.1, 0.15) is 5.02 Å². The van der Waals surface area contributed by atoms with Gasteiger partial charge in [-0.05, 0) is 35.4 Å². The lowest BCUT2D eigenvalue weighted by molar-refractivity contribution is -0.384. The summed E-state index contributed by atoms with van der Waals surface area (Å²) in [5.74, 6) is -0.296. The monoisotopic (exact) mass is 423 g/mol. The Labute approximate surface area is 180 Å².